The van der Waals surface area contributed by atoms with E-state index in [-0.39, 0.29) is 12.1 Å². The zero-order valence-electron chi connectivity index (χ0n) is 16.9. The van der Waals surface area contributed by atoms with Crippen LogP contribution in [0.3, 0.4) is 0 Å². The van der Waals surface area contributed by atoms with Crippen molar-refractivity contribution in [1.29, 1.82) is 0 Å². The Labute approximate surface area is 176 Å². The maximum atomic E-state index is 13.0. The molecule has 2 aromatic heterocycles. The molecule has 0 bridgehead atoms. The first-order valence-electron chi connectivity index (χ1n) is 9.47. The van der Waals surface area contributed by atoms with Crippen LogP contribution in [0.15, 0.2) is 65.6 Å². The third-order valence-electron chi connectivity index (χ3n) is 4.75. The van der Waals surface area contributed by atoms with Gasteiger partial charge >= 0.3 is 5.97 Å². The number of fused-ring (bicyclic) bond motifs is 1. The fraction of sp³-hybridized carbons (Fsp3) is 0.136. The second-order valence-electron chi connectivity index (χ2n) is 6.80. The van der Waals surface area contributed by atoms with Gasteiger partial charge in [0.15, 0.2) is 5.65 Å². The predicted octanol–water partition coefficient (Wildman–Crippen LogP) is 2.32. The lowest BCUT2D eigenvalue weighted by Crippen LogP contribution is -2.30. The minimum atomic E-state index is -0.506. The van der Waals surface area contributed by atoms with E-state index in [4.69, 9.17) is 0 Å². The average Bonchev–Trinajstić information content (AvgIpc) is 3.20. The molecule has 0 unspecified atom stereocenters. The van der Waals surface area contributed by atoms with Gasteiger partial charge in [-0.25, -0.2) is 14.5 Å². The van der Waals surface area contributed by atoms with Crippen molar-refractivity contribution < 1.29 is 14.3 Å². The van der Waals surface area contributed by atoms with Crippen molar-refractivity contribution in [2.24, 2.45) is 0 Å². The number of methoxy groups -OCH3 is 1. The van der Waals surface area contributed by atoms with Gasteiger partial charge in [-0.2, -0.15) is 5.10 Å². The lowest BCUT2D eigenvalue weighted by molar-refractivity contribution is -0.116. The number of ether oxygens (including phenoxy) is 1. The first kappa shape index (κ1) is 20.0. The maximum Gasteiger partial charge on any atom is 0.337 e. The summed E-state index contributed by atoms with van der Waals surface area (Å²) in [7, 11) is 1.28. The highest BCUT2D eigenvalue weighted by atomic mass is 16.5. The SMILES string of the molecule is COC(=O)c1cccc(NC(=O)Cn2c(C)nc3c(cnn3-c3ccccc3)c2=O)c1. The third-order valence-corrected chi connectivity index (χ3v) is 4.75. The molecule has 0 fully saturated rings. The Morgan fingerprint density at radius 1 is 1.10 bits per heavy atom. The summed E-state index contributed by atoms with van der Waals surface area (Å²) in [5.41, 5.74) is 1.58. The largest absolute Gasteiger partial charge is 0.465 e. The Morgan fingerprint density at radius 3 is 2.61 bits per heavy atom. The maximum absolute atomic E-state index is 13.0. The van der Waals surface area contributed by atoms with E-state index < -0.39 is 11.9 Å². The fourth-order valence-electron chi connectivity index (χ4n) is 3.24. The number of esters is 1. The van der Waals surface area contributed by atoms with Crippen LogP contribution in [-0.2, 0) is 16.1 Å². The summed E-state index contributed by atoms with van der Waals surface area (Å²) in [5, 5.41) is 7.29. The Kier molecular flexibility index (Phi) is 5.31. The number of para-hydroxylation sites is 1. The van der Waals surface area contributed by atoms with Crippen molar-refractivity contribution in [2.75, 3.05) is 12.4 Å². The summed E-state index contributed by atoms with van der Waals surface area (Å²) in [5.74, 6) is -0.550. The smallest absolute Gasteiger partial charge is 0.337 e. The predicted molar refractivity (Wildman–Crippen MR) is 114 cm³/mol. The lowest BCUT2D eigenvalue weighted by Gasteiger charge is -2.11. The zero-order valence-corrected chi connectivity index (χ0v) is 16.9. The normalized spacial score (nSPS) is 10.8. The number of carbonyl (C=O) groups is 2. The van der Waals surface area contributed by atoms with Gasteiger partial charge in [0.05, 0.1) is 24.6 Å². The van der Waals surface area contributed by atoms with E-state index in [1.807, 2.05) is 30.3 Å². The molecule has 2 heterocycles. The molecule has 1 amide bonds. The first-order valence-corrected chi connectivity index (χ1v) is 9.47. The van der Waals surface area contributed by atoms with Crippen LogP contribution in [0.4, 0.5) is 5.69 Å². The summed E-state index contributed by atoms with van der Waals surface area (Å²) in [4.78, 5) is 41.7. The van der Waals surface area contributed by atoms with E-state index in [0.717, 1.165) is 5.69 Å². The van der Waals surface area contributed by atoms with Crippen LogP contribution in [0.25, 0.3) is 16.7 Å². The zero-order chi connectivity index (χ0) is 22.0. The molecule has 0 atom stereocenters. The van der Waals surface area contributed by atoms with Crippen molar-refractivity contribution in [3.63, 3.8) is 0 Å². The minimum Gasteiger partial charge on any atom is -0.465 e. The van der Waals surface area contributed by atoms with Gasteiger partial charge in [0, 0.05) is 5.69 Å². The summed E-state index contributed by atoms with van der Waals surface area (Å²) in [6.45, 7) is 1.43. The van der Waals surface area contributed by atoms with Crippen LogP contribution >= 0.6 is 0 Å². The van der Waals surface area contributed by atoms with Gasteiger partial charge in [0.1, 0.15) is 17.8 Å². The molecule has 0 aliphatic heterocycles. The molecule has 0 radical (unpaired) electrons. The number of nitrogens with zero attached hydrogens (tertiary/aromatic N) is 4. The van der Waals surface area contributed by atoms with Crippen LogP contribution < -0.4 is 10.9 Å². The van der Waals surface area contributed by atoms with Gasteiger partial charge in [0.2, 0.25) is 5.91 Å². The monoisotopic (exact) mass is 417 g/mol. The molecule has 0 saturated carbocycles. The number of hydrogen-bond donors (Lipinski definition) is 1. The standard InChI is InChI=1S/C22H19N5O4/c1-14-24-20-18(12-23-27(20)17-9-4-3-5-10-17)21(29)26(14)13-19(28)25-16-8-6-7-15(11-16)22(30)31-2/h3-12H,13H2,1-2H3,(H,25,28). The Bertz CT molecular complexity index is 1340. The lowest BCUT2D eigenvalue weighted by atomic mass is 10.2. The van der Waals surface area contributed by atoms with E-state index >= 15 is 0 Å². The van der Waals surface area contributed by atoms with Gasteiger partial charge in [-0.05, 0) is 37.3 Å². The summed E-state index contributed by atoms with van der Waals surface area (Å²) in [6.07, 6.45) is 1.45. The topological polar surface area (TPSA) is 108 Å². The van der Waals surface area contributed by atoms with Crippen molar-refractivity contribution in [2.45, 2.75) is 13.5 Å². The number of anilines is 1. The quantitative estimate of drug-likeness (QED) is 0.499. The van der Waals surface area contributed by atoms with Crippen LogP contribution in [-0.4, -0.2) is 38.3 Å². The minimum absolute atomic E-state index is 0.230. The number of aromatic nitrogens is 4. The van der Waals surface area contributed by atoms with E-state index in [9.17, 15) is 14.4 Å². The van der Waals surface area contributed by atoms with Crippen molar-refractivity contribution in [3.05, 3.63) is 82.5 Å². The molecule has 4 rings (SSSR count). The van der Waals surface area contributed by atoms with Crippen LogP contribution in [0.5, 0.6) is 0 Å². The van der Waals surface area contributed by atoms with E-state index in [2.05, 4.69) is 20.1 Å². The van der Waals surface area contributed by atoms with Crippen LogP contribution in [0.2, 0.25) is 0 Å². The number of amides is 1. The molecule has 2 aromatic carbocycles. The van der Waals surface area contributed by atoms with Gasteiger partial charge in [0.25, 0.3) is 5.56 Å². The second kappa shape index (κ2) is 8.23. The molecular weight excluding hydrogens is 398 g/mol. The molecule has 0 aliphatic rings. The van der Waals surface area contributed by atoms with Gasteiger partial charge in [-0.1, -0.05) is 24.3 Å². The molecule has 0 saturated heterocycles. The van der Waals surface area contributed by atoms with Crippen LogP contribution in [0.1, 0.15) is 16.2 Å². The summed E-state index contributed by atoms with van der Waals surface area (Å²) >= 11 is 0. The molecule has 9 heteroatoms. The van der Waals surface area contributed by atoms with Crippen LogP contribution in [0, 0.1) is 6.92 Å². The highest BCUT2D eigenvalue weighted by Gasteiger charge is 2.16. The number of rotatable bonds is 5. The van der Waals surface area contributed by atoms with E-state index in [1.165, 1.54) is 23.9 Å². The number of nitrogens with one attached hydrogen (secondary N) is 1. The Morgan fingerprint density at radius 2 is 1.87 bits per heavy atom. The fourth-order valence-corrected chi connectivity index (χ4v) is 3.24. The average molecular weight is 417 g/mol. The Hall–Kier alpha value is -4.27. The molecule has 156 valence electrons. The van der Waals surface area contributed by atoms with Gasteiger partial charge in [-0.15, -0.1) is 0 Å². The highest BCUT2D eigenvalue weighted by molar-refractivity contribution is 5.94. The van der Waals surface area contributed by atoms with Gasteiger partial charge < -0.3 is 10.1 Å². The number of benzene rings is 2. The second-order valence-corrected chi connectivity index (χ2v) is 6.80. The van der Waals surface area contributed by atoms with Crippen molar-refractivity contribution in [1.82, 2.24) is 19.3 Å². The summed E-state index contributed by atoms with van der Waals surface area (Å²) in [6, 6.07) is 15.7. The Balaban J connectivity index is 1.61. The van der Waals surface area contributed by atoms with Crippen molar-refractivity contribution in [3.8, 4) is 5.69 Å². The first-order chi connectivity index (χ1) is 15.0. The molecule has 0 aliphatic carbocycles. The third kappa shape index (κ3) is 3.93. The molecule has 0 spiro atoms. The van der Waals surface area contributed by atoms with Crippen molar-refractivity contribution >= 4 is 28.6 Å². The summed E-state index contributed by atoms with van der Waals surface area (Å²) < 4.78 is 7.57. The molecule has 1 N–H and O–H groups in total. The molecule has 31 heavy (non-hydrogen) atoms. The molecular formula is C22H19N5O4. The highest BCUT2D eigenvalue weighted by Crippen LogP contribution is 2.15. The molecule has 4 aromatic rings. The van der Waals surface area contributed by atoms with E-state index in [0.29, 0.717) is 28.1 Å². The number of aryl methyl sites for hydroxylation is 1. The van der Waals surface area contributed by atoms with Gasteiger partial charge in [-0.3, -0.25) is 14.2 Å². The van der Waals surface area contributed by atoms with E-state index in [1.54, 1.807) is 29.8 Å². The number of carbonyl (C=O) groups excluding carboxylic acids is 2. The number of hydrogen-bond acceptors (Lipinski definition) is 6. The molecule has 9 nitrogen and oxygen atoms in total.